The predicted molar refractivity (Wildman–Crippen MR) is 94.9 cm³/mol. The van der Waals surface area contributed by atoms with Crippen molar-refractivity contribution < 1.29 is 19.1 Å². The number of hydrogen-bond acceptors (Lipinski definition) is 6. The van der Waals surface area contributed by atoms with Crippen molar-refractivity contribution in [1.29, 1.82) is 0 Å². The molecule has 1 aliphatic carbocycles. The third-order valence-corrected chi connectivity index (χ3v) is 5.81. The molecular weight excluding hydrogens is 342 g/mol. The molecule has 25 heavy (non-hydrogen) atoms. The lowest BCUT2D eigenvalue weighted by Gasteiger charge is -2.25. The van der Waals surface area contributed by atoms with Crippen molar-refractivity contribution in [2.24, 2.45) is 5.92 Å². The first-order valence-electron chi connectivity index (χ1n) is 8.49. The number of rotatable bonds is 4. The zero-order valence-corrected chi connectivity index (χ0v) is 15.3. The van der Waals surface area contributed by atoms with Crippen LogP contribution in [0.4, 0.5) is 5.00 Å². The smallest absolute Gasteiger partial charge is 0.341 e. The molecule has 1 atom stereocenters. The van der Waals surface area contributed by atoms with E-state index in [1.807, 2.05) is 0 Å². The number of amides is 2. The Morgan fingerprint density at radius 2 is 2.24 bits per heavy atom. The molecule has 7 nitrogen and oxygen atoms in total. The molecule has 2 heterocycles. The number of anilines is 1. The summed E-state index contributed by atoms with van der Waals surface area (Å²) in [6.45, 7) is 3.73. The lowest BCUT2D eigenvalue weighted by atomic mass is 9.88. The Hall–Kier alpha value is -1.93. The van der Waals surface area contributed by atoms with Crippen molar-refractivity contribution >= 4 is 34.1 Å². The Bertz CT molecular complexity index is 700. The number of piperazine rings is 1. The summed E-state index contributed by atoms with van der Waals surface area (Å²) in [6.07, 6.45) is 2.79. The minimum atomic E-state index is -0.403. The monoisotopic (exact) mass is 365 g/mol. The van der Waals surface area contributed by atoms with Crippen LogP contribution < -0.4 is 10.6 Å². The van der Waals surface area contributed by atoms with Gasteiger partial charge in [-0.05, 0) is 30.7 Å². The van der Waals surface area contributed by atoms with Gasteiger partial charge in [0.15, 0.2) is 0 Å². The quantitative estimate of drug-likeness (QED) is 0.778. The van der Waals surface area contributed by atoms with Gasteiger partial charge in [0.1, 0.15) is 5.00 Å². The van der Waals surface area contributed by atoms with Crippen molar-refractivity contribution in [3.63, 3.8) is 0 Å². The summed E-state index contributed by atoms with van der Waals surface area (Å²) in [5.41, 5.74) is 1.52. The molecule has 1 aromatic heterocycles. The van der Waals surface area contributed by atoms with E-state index in [1.54, 1.807) is 4.90 Å². The molecule has 1 aliphatic heterocycles. The van der Waals surface area contributed by atoms with Crippen LogP contribution in [0.1, 0.15) is 34.1 Å². The van der Waals surface area contributed by atoms with Crippen molar-refractivity contribution in [2.75, 3.05) is 38.6 Å². The second kappa shape index (κ2) is 7.53. The second-order valence-electron chi connectivity index (χ2n) is 6.66. The zero-order valence-electron chi connectivity index (χ0n) is 14.5. The minimum Gasteiger partial charge on any atom is -0.465 e. The maximum atomic E-state index is 12.4. The highest BCUT2D eigenvalue weighted by Crippen LogP contribution is 2.40. The van der Waals surface area contributed by atoms with E-state index in [0.29, 0.717) is 29.6 Å². The van der Waals surface area contributed by atoms with E-state index in [2.05, 4.69) is 17.6 Å². The van der Waals surface area contributed by atoms with Crippen LogP contribution >= 0.6 is 11.3 Å². The van der Waals surface area contributed by atoms with Crippen molar-refractivity contribution in [3.8, 4) is 0 Å². The molecule has 0 radical (unpaired) electrons. The number of thiophene rings is 1. The summed E-state index contributed by atoms with van der Waals surface area (Å²) in [5.74, 6) is -0.117. The summed E-state index contributed by atoms with van der Waals surface area (Å²) in [6, 6.07) is 0. The highest BCUT2D eigenvalue weighted by Gasteiger charge is 2.29. The number of methoxy groups -OCH3 is 1. The molecular formula is C17H23N3O4S. The van der Waals surface area contributed by atoms with Crippen LogP contribution in [0.3, 0.4) is 0 Å². The lowest BCUT2D eigenvalue weighted by Crippen LogP contribution is -2.49. The molecule has 0 unspecified atom stereocenters. The first-order chi connectivity index (χ1) is 12.0. The van der Waals surface area contributed by atoms with Gasteiger partial charge in [-0.3, -0.25) is 14.5 Å². The third-order valence-electron chi connectivity index (χ3n) is 4.64. The van der Waals surface area contributed by atoms with E-state index >= 15 is 0 Å². The van der Waals surface area contributed by atoms with E-state index < -0.39 is 5.97 Å². The van der Waals surface area contributed by atoms with Gasteiger partial charge in [0.05, 0.1) is 25.8 Å². The molecule has 0 bridgehead atoms. The number of fused-ring (bicyclic) bond motifs is 1. The van der Waals surface area contributed by atoms with Crippen LogP contribution in [0.15, 0.2) is 0 Å². The Kier molecular flexibility index (Phi) is 5.39. The Morgan fingerprint density at radius 3 is 2.96 bits per heavy atom. The lowest BCUT2D eigenvalue weighted by molar-refractivity contribution is -0.125. The molecule has 1 aromatic rings. The highest BCUT2D eigenvalue weighted by molar-refractivity contribution is 7.17. The molecule has 1 fully saturated rings. The number of carbonyl (C=O) groups is 3. The first kappa shape index (κ1) is 17.9. The van der Waals surface area contributed by atoms with Gasteiger partial charge >= 0.3 is 5.97 Å². The molecule has 8 heteroatoms. The average molecular weight is 365 g/mol. The fourth-order valence-electron chi connectivity index (χ4n) is 3.35. The largest absolute Gasteiger partial charge is 0.465 e. The van der Waals surface area contributed by atoms with Gasteiger partial charge in [0.2, 0.25) is 11.8 Å². The normalized spacial score (nSPS) is 20.6. The maximum Gasteiger partial charge on any atom is 0.341 e. The zero-order chi connectivity index (χ0) is 18.0. The van der Waals surface area contributed by atoms with Gasteiger partial charge in [-0.2, -0.15) is 0 Å². The van der Waals surface area contributed by atoms with Crippen LogP contribution in [-0.4, -0.2) is 56.0 Å². The molecule has 0 spiro atoms. The van der Waals surface area contributed by atoms with Gasteiger partial charge < -0.3 is 15.4 Å². The second-order valence-corrected chi connectivity index (χ2v) is 7.76. The summed E-state index contributed by atoms with van der Waals surface area (Å²) in [7, 11) is 1.36. The number of hydrogen-bond donors (Lipinski definition) is 2. The van der Waals surface area contributed by atoms with Crippen molar-refractivity contribution in [1.82, 2.24) is 10.2 Å². The van der Waals surface area contributed by atoms with Gasteiger partial charge in [-0.25, -0.2) is 4.79 Å². The summed E-state index contributed by atoms with van der Waals surface area (Å²) in [5, 5.41) is 6.16. The van der Waals surface area contributed by atoms with Crippen LogP contribution in [0.2, 0.25) is 0 Å². The van der Waals surface area contributed by atoms with Gasteiger partial charge in [-0.1, -0.05) is 6.92 Å². The Labute approximate surface area is 150 Å². The molecule has 0 aromatic carbocycles. The van der Waals surface area contributed by atoms with E-state index in [1.165, 1.54) is 18.4 Å². The standard InChI is InChI=1S/C17H23N3O4S/c1-10-3-4-11-12(7-10)25-16(15(11)17(23)24-2)19-14(22)9-20-6-5-18-13(21)8-20/h10H,3-9H2,1-2H3,(H,18,21)(H,19,22)/t10-/m1/s1. The van der Waals surface area contributed by atoms with Crippen LogP contribution in [0, 0.1) is 5.92 Å². The van der Waals surface area contributed by atoms with Crippen LogP contribution in [-0.2, 0) is 27.2 Å². The van der Waals surface area contributed by atoms with E-state index in [4.69, 9.17) is 4.74 Å². The van der Waals surface area contributed by atoms with Crippen LogP contribution in [0.5, 0.6) is 0 Å². The van der Waals surface area contributed by atoms with Gasteiger partial charge in [0, 0.05) is 18.0 Å². The van der Waals surface area contributed by atoms with E-state index in [9.17, 15) is 14.4 Å². The first-order valence-corrected chi connectivity index (χ1v) is 9.31. The average Bonchev–Trinajstić information content (AvgIpc) is 2.90. The summed E-state index contributed by atoms with van der Waals surface area (Å²) >= 11 is 1.47. The molecule has 136 valence electrons. The Balaban J connectivity index is 1.76. The fraction of sp³-hybridized carbons (Fsp3) is 0.588. The predicted octanol–water partition coefficient (Wildman–Crippen LogP) is 1.03. The third kappa shape index (κ3) is 4.01. The maximum absolute atomic E-state index is 12.4. The number of carbonyl (C=O) groups excluding carboxylic acids is 3. The van der Waals surface area contributed by atoms with Gasteiger partial charge in [-0.15, -0.1) is 11.3 Å². The topological polar surface area (TPSA) is 87.7 Å². The van der Waals surface area contributed by atoms with Crippen molar-refractivity contribution in [2.45, 2.75) is 26.2 Å². The molecule has 3 rings (SSSR count). The van der Waals surface area contributed by atoms with E-state index in [-0.39, 0.29) is 24.9 Å². The highest BCUT2D eigenvalue weighted by atomic mass is 32.1. The van der Waals surface area contributed by atoms with Crippen molar-refractivity contribution in [3.05, 3.63) is 16.0 Å². The molecule has 2 N–H and O–H groups in total. The van der Waals surface area contributed by atoms with Gasteiger partial charge in [0.25, 0.3) is 0 Å². The number of nitrogens with zero attached hydrogens (tertiary/aromatic N) is 1. The molecule has 2 amide bonds. The molecule has 0 saturated carbocycles. The fourth-order valence-corrected chi connectivity index (χ4v) is 4.77. The summed E-state index contributed by atoms with van der Waals surface area (Å²) < 4.78 is 4.93. The molecule has 1 saturated heterocycles. The summed E-state index contributed by atoms with van der Waals surface area (Å²) in [4.78, 5) is 39.0. The van der Waals surface area contributed by atoms with E-state index in [0.717, 1.165) is 29.7 Å². The molecule has 2 aliphatic rings. The van der Waals surface area contributed by atoms with Crippen LogP contribution in [0.25, 0.3) is 0 Å². The SMILES string of the molecule is COC(=O)c1c(NC(=O)CN2CCNC(=O)C2)sc2c1CC[C@@H](C)C2. The number of esters is 1. The Morgan fingerprint density at radius 1 is 1.44 bits per heavy atom. The number of ether oxygens (including phenoxy) is 1. The number of nitrogens with one attached hydrogen (secondary N) is 2. The minimum absolute atomic E-state index is 0.0742.